The molecule has 0 aliphatic rings. The van der Waals surface area contributed by atoms with E-state index in [0.717, 1.165) is 64.2 Å². The van der Waals surface area contributed by atoms with Gasteiger partial charge in [0, 0.05) is 12.8 Å². The molecule has 0 aromatic carbocycles. The quantitative estimate of drug-likeness (QED) is 0.0354. The Morgan fingerprint density at radius 2 is 0.804 bits per heavy atom. The predicted molar refractivity (Wildman–Crippen MR) is 245 cm³/mol. The third-order valence-corrected chi connectivity index (χ3v) is 10.4. The van der Waals surface area contributed by atoms with Gasteiger partial charge in [0.25, 0.3) is 0 Å². The number of hydrogen-bond donors (Lipinski definition) is 0. The molecule has 0 saturated heterocycles. The van der Waals surface area contributed by atoms with Crippen molar-refractivity contribution in [2.24, 2.45) is 0 Å². The smallest absolute Gasteiger partial charge is 0.306 e. The third-order valence-electron chi connectivity index (χ3n) is 10.4. The predicted octanol–water partition coefficient (Wildman–Crippen LogP) is 16.7. The highest BCUT2D eigenvalue weighted by Crippen LogP contribution is 2.16. The van der Waals surface area contributed by atoms with E-state index in [1.807, 2.05) is 6.08 Å². The van der Waals surface area contributed by atoms with E-state index in [2.05, 4.69) is 84.1 Å². The van der Waals surface area contributed by atoms with Crippen molar-refractivity contribution in [2.45, 2.75) is 234 Å². The van der Waals surface area contributed by atoms with Gasteiger partial charge in [-0.3, -0.25) is 9.59 Å². The lowest BCUT2D eigenvalue weighted by Crippen LogP contribution is -2.07. The maximum absolute atomic E-state index is 12.6. The zero-order valence-corrected chi connectivity index (χ0v) is 37.9. The number of ether oxygens (including phenoxy) is 2. The summed E-state index contributed by atoms with van der Waals surface area (Å²) in [6, 6.07) is 0. The molecule has 0 unspecified atom stereocenters. The van der Waals surface area contributed by atoms with Gasteiger partial charge in [0.15, 0.2) is 0 Å². The van der Waals surface area contributed by atoms with Gasteiger partial charge in [0.05, 0.1) is 0 Å². The molecule has 0 fully saturated rings. The molecule has 0 aromatic heterocycles. The van der Waals surface area contributed by atoms with Gasteiger partial charge in [-0.05, 0) is 142 Å². The second kappa shape index (κ2) is 42.0. The van der Waals surface area contributed by atoms with Gasteiger partial charge >= 0.3 is 11.9 Å². The van der Waals surface area contributed by atoms with Crippen LogP contribution in [0.4, 0.5) is 0 Å². The number of carbonyl (C=O) groups excluding carboxylic acids is 2. The highest BCUT2D eigenvalue weighted by atomic mass is 16.5. The van der Waals surface area contributed by atoms with Crippen molar-refractivity contribution < 1.29 is 19.1 Å². The van der Waals surface area contributed by atoms with Crippen LogP contribution in [-0.4, -0.2) is 25.2 Å². The van der Waals surface area contributed by atoms with Crippen LogP contribution in [0.25, 0.3) is 0 Å². The Kier molecular flexibility index (Phi) is 40.0. The molecule has 0 amide bonds. The van der Waals surface area contributed by atoms with Crippen LogP contribution in [0.3, 0.4) is 0 Å². The molecule has 4 nitrogen and oxygen atoms in total. The summed E-state index contributed by atoms with van der Waals surface area (Å²) in [5, 5.41) is 0. The Labute approximate surface area is 348 Å². The Balaban J connectivity index is 4.47. The fraction of sp³-hybridized carbons (Fsp3) is 0.731. The third kappa shape index (κ3) is 41.0. The molecule has 322 valence electrons. The summed E-state index contributed by atoms with van der Waals surface area (Å²) in [6.45, 7) is 13.9. The molecule has 4 heteroatoms. The van der Waals surface area contributed by atoms with Crippen LogP contribution in [0.15, 0.2) is 70.9 Å². The van der Waals surface area contributed by atoms with Crippen molar-refractivity contribution in [3.05, 3.63) is 70.9 Å². The molecule has 0 aliphatic heterocycles. The minimum atomic E-state index is -0.0931. The van der Waals surface area contributed by atoms with Crippen LogP contribution < -0.4 is 0 Å². The van der Waals surface area contributed by atoms with Crippen LogP contribution in [0.1, 0.15) is 234 Å². The largest absolute Gasteiger partial charge is 0.461 e. The zero-order chi connectivity index (χ0) is 41.2. The van der Waals surface area contributed by atoms with Crippen molar-refractivity contribution in [1.29, 1.82) is 0 Å². The summed E-state index contributed by atoms with van der Waals surface area (Å²) >= 11 is 0. The number of rotatable bonds is 39. The minimum absolute atomic E-state index is 0.0792. The lowest BCUT2D eigenvalue weighted by Gasteiger charge is -2.10. The monoisotopic (exact) mass is 779 g/mol. The molecule has 56 heavy (non-hydrogen) atoms. The van der Waals surface area contributed by atoms with Crippen LogP contribution in [0.5, 0.6) is 0 Å². The van der Waals surface area contributed by atoms with Gasteiger partial charge < -0.3 is 9.47 Å². The number of allylic oxidation sites excluding steroid dienone is 10. The van der Waals surface area contributed by atoms with Crippen LogP contribution in [0, 0.1) is 0 Å². The van der Waals surface area contributed by atoms with E-state index in [1.165, 1.54) is 138 Å². The SMILES string of the molecule is CCCCCC/C=C\CCCCCCCC(=O)OC/C=C(\C)CC/C=C(/CC/C=C(\C)CCC=C(C)C)COC(=O)CCCCCCC/C=C\CCCCCC. The average Bonchev–Trinajstić information content (AvgIpc) is 3.17. The average molecular weight is 779 g/mol. The van der Waals surface area contributed by atoms with E-state index < -0.39 is 0 Å². The number of carbonyl (C=O) groups is 2. The molecule has 0 atom stereocenters. The maximum atomic E-state index is 12.6. The maximum Gasteiger partial charge on any atom is 0.306 e. The van der Waals surface area contributed by atoms with E-state index in [-0.39, 0.29) is 11.9 Å². The van der Waals surface area contributed by atoms with Gasteiger partial charge in [0.2, 0.25) is 0 Å². The molecular formula is C52H90O4. The minimum Gasteiger partial charge on any atom is -0.461 e. The fourth-order valence-electron chi connectivity index (χ4n) is 6.60. The summed E-state index contributed by atoms with van der Waals surface area (Å²) in [4.78, 5) is 24.9. The first-order chi connectivity index (χ1) is 27.3. The van der Waals surface area contributed by atoms with Crippen molar-refractivity contribution in [3.8, 4) is 0 Å². The molecule has 0 aromatic rings. The number of unbranched alkanes of at least 4 members (excludes halogenated alkanes) is 18. The van der Waals surface area contributed by atoms with Crippen molar-refractivity contribution in [3.63, 3.8) is 0 Å². The molecule has 0 bridgehead atoms. The van der Waals surface area contributed by atoms with E-state index in [1.54, 1.807) is 0 Å². The normalized spacial score (nSPS) is 12.6. The van der Waals surface area contributed by atoms with Gasteiger partial charge in [-0.15, -0.1) is 0 Å². The van der Waals surface area contributed by atoms with Crippen molar-refractivity contribution >= 4 is 11.9 Å². The van der Waals surface area contributed by atoms with E-state index >= 15 is 0 Å². The molecule has 0 heterocycles. The van der Waals surface area contributed by atoms with E-state index in [4.69, 9.17) is 9.47 Å². The fourth-order valence-corrected chi connectivity index (χ4v) is 6.60. The van der Waals surface area contributed by atoms with Gasteiger partial charge in [-0.25, -0.2) is 0 Å². The van der Waals surface area contributed by atoms with Crippen LogP contribution >= 0.6 is 0 Å². The molecule has 0 aliphatic carbocycles. The molecule has 0 spiro atoms. The lowest BCUT2D eigenvalue weighted by molar-refractivity contribution is -0.143. The van der Waals surface area contributed by atoms with Gasteiger partial charge in [-0.2, -0.15) is 0 Å². The summed E-state index contributed by atoms with van der Waals surface area (Å²) < 4.78 is 11.3. The number of hydrogen-bond acceptors (Lipinski definition) is 4. The van der Waals surface area contributed by atoms with Crippen LogP contribution in [0.2, 0.25) is 0 Å². The standard InChI is InChI=1S/C52H90O4/c1-7-9-11-13-15-17-19-21-23-25-27-29-31-42-51(53)55-45-44-49(6)39-35-41-50(40-34-38-48(5)37-33-36-47(3)4)46-56-52(54)43-32-30-28-26-24-22-20-18-16-14-12-10-8-2/h17-20,36,38,41,44H,7-16,21-35,37,39-40,42-43,45-46H2,1-6H3/b19-17-,20-18-,48-38+,49-44+,50-41-. The summed E-state index contributed by atoms with van der Waals surface area (Å²) in [5.74, 6) is -0.172. The first-order valence-electron chi connectivity index (χ1n) is 23.5. The second-order valence-corrected chi connectivity index (χ2v) is 16.5. The van der Waals surface area contributed by atoms with Crippen molar-refractivity contribution in [2.75, 3.05) is 13.2 Å². The first-order valence-corrected chi connectivity index (χ1v) is 23.5. The molecule has 0 rings (SSSR count). The lowest BCUT2D eigenvalue weighted by atomic mass is 10.0. The Morgan fingerprint density at radius 1 is 0.393 bits per heavy atom. The Bertz CT molecular complexity index is 1110. The number of esters is 2. The summed E-state index contributed by atoms with van der Waals surface area (Å²) in [6.07, 6.45) is 52.0. The Hall–Kier alpha value is -2.62. The zero-order valence-electron chi connectivity index (χ0n) is 37.9. The van der Waals surface area contributed by atoms with Gasteiger partial charge in [-0.1, -0.05) is 150 Å². The van der Waals surface area contributed by atoms with Crippen LogP contribution in [-0.2, 0) is 19.1 Å². The molecular weight excluding hydrogens is 689 g/mol. The second-order valence-electron chi connectivity index (χ2n) is 16.5. The topological polar surface area (TPSA) is 52.6 Å². The molecule has 0 saturated carbocycles. The molecule has 0 N–H and O–H groups in total. The van der Waals surface area contributed by atoms with E-state index in [0.29, 0.717) is 26.1 Å². The Morgan fingerprint density at radius 3 is 1.30 bits per heavy atom. The summed E-state index contributed by atoms with van der Waals surface area (Å²) in [7, 11) is 0. The highest BCUT2D eigenvalue weighted by molar-refractivity contribution is 5.69. The van der Waals surface area contributed by atoms with Gasteiger partial charge in [0.1, 0.15) is 13.2 Å². The van der Waals surface area contributed by atoms with E-state index in [9.17, 15) is 9.59 Å². The first kappa shape index (κ1) is 53.4. The molecule has 0 radical (unpaired) electrons. The highest BCUT2D eigenvalue weighted by Gasteiger charge is 2.06. The van der Waals surface area contributed by atoms with Crippen molar-refractivity contribution in [1.82, 2.24) is 0 Å². The summed E-state index contributed by atoms with van der Waals surface area (Å²) in [5.41, 5.74) is 5.19.